The Morgan fingerprint density at radius 2 is 2.35 bits per heavy atom. The van der Waals surface area contributed by atoms with E-state index in [-0.39, 0.29) is 11.9 Å². The molecule has 0 bridgehead atoms. The third-order valence-corrected chi connectivity index (χ3v) is 2.27. The summed E-state index contributed by atoms with van der Waals surface area (Å²) in [5, 5.41) is 3.24. The number of nitrogens with zero attached hydrogens (tertiary/aromatic N) is 1. The van der Waals surface area contributed by atoms with Gasteiger partial charge in [0.25, 0.3) is 0 Å². The summed E-state index contributed by atoms with van der Waals surface area (Å²) in [6, 6.07) is 1.55. The van der Waals surface area contributed by atoms with Gasteiger partial charge in [-0.2, -0.15) is 0 Å². The van der Waals surface area contributed by atoms with Gasteiger partial charge in [0.1, 0.15) is 5.82 Å². The lowest BCUT2D eigenvalue weighted by Gasteiger charge is -2.13. The summed E-state index contributed by atoms with van der Waals surface area (Å²) in [6.45, 7) is 9.55. The third kappa shape index (κ3) is 5.56. The van der Waals surface area contributed by atoms with Gasteiger partial charge in [-0.15, -0.1) is 0 Å². The minimum Gasteiger partial charge on any atom is -0.376 e. The molecule has 0 aliphatic rings. The molecule has 0 aromatic carbocycles. The van der Waals surface area contributed by atoms with Gasteiger partial charge in [-0.25, -0.2) is 4.39 Å². The van der Waals surface area contributed by atoms with Crippen LogP contribution in [0.3, 0.4) is 0 Å². The Morgan fingerprint density at radius 1 is 1.59 bits per heavy atom. The smallest absolute Gasteiger partial charge is 0.141 e. The number of aromatic nitrogens is 1. The van der Waals surface area contributed by atoms with E-state index in [0.29, 0.717) is 19.8 Å². The van der Waals surface area contributed by atoms with E-state index in [1.54, 1.807) is 6.20 Å². The number of nitrogens with one attached hydrogen (secondary N) is 1. The van der Waals surface area contributed by atoms with Gasteiger partial charge >= 0.3 is 0 Å². The molecule has 1 aromatic rings. The Labute approximate surface area is 102 Å². The molecular formula is C13H19FN2O. The SMILES string of the molecule is C=C(C)COCCNC(C)c1cncc(F)c1. The highest BCUT2D eigenvalue weighted by atomic mass is 19.1. The van der Waals surface area contributed by atoms with Gasteiger partial charge in [-0.1, -0.05) is 12.2 Å². The molecule has 0 aliphatic carbocycles. The summed E-state index contributed by atoms with van der Waals surface area (Å²) >= 11 is 0. The monoisotopic (exact) mass is 238 g/mol. The Hall–Kier alpha value is -1.26. The van der Waals surface area contributed by atoms with Crippen molar-refractivity contribution in [2.75, 3.05) is 19.8 Å². The first-order chi connectivity index (χ1) is 8.09. The number of rotatable bonds is 7. The maximum atomic E-state index is 12.9. The van der Waals surface area contributed by atoms with Gasteiger partial charge in [-0.05, 0) is 25.5 Å². The molecule has 0 aliphatic heterocycles. The molecule has 0 saturated heterocycles. The van der Waals surface area contributed by atoms with Gasteiger partial charge in [-0.3, -0.25) is 4.98 Å². The van der Waals surface area contributed by atoms with Crippen LogP contribution in [0.1, 0.15) is 25.5 Å². The molecule has 0 spiro atoms. The Morgan fingerprint density at radius 3 is 3.00 bits per heavy atom. The normalized spacial score (nSPS) is 12.4. The fraction of sp³-hybridized carbons (Fsp3) is 0.462. The molecule has 94 valence electrons. The van der Waals surface area contributed by atoms with Crippen molar-refractivity contribution >= 4 is 0 Å². The van der Waals surface area contributed by atoms with Gasteiger partial charge < -0.3 is 10.1 Å². The first-order valence-electron chi connectivity index (χ1n) is 5.65. The summed E-state index contributed by atoms with van der Waals surface area (Å²) in [5.41, 5.74) is 1.84. The van der Waals surface area contributed by atoms with Crippen LogP contribution in [0.5, 0.6) is 0 Å². The van der Waals surface area contributed by atoms with Crippen LogP contribution in [0.15, 0.2) is 30.6 Å². The molecule has 1 N–H and O–H groups in total. The van der Waals surface area contributed by atoms with Crippen molar-refractivity contribution in [3.05, 3.63) is 42.0 Å². The summed E-state index contributed by atoms with van der Waals surface area (Å²) in [4.78, 5) is 3.82. The zero-order valence-corrected chi connectivity index (χ0v) is 10.4. The van der Waals surface area contributed by atoms with Gasteiger partial charge in [0, 0.05) is 18.8 Å². The molecule has 1 aromatic heterocycles. The zero-order valence-electron chi connectivity index (χ0n) is 10.4. The predicted molar refractivity (Wildman–Crippen MR) is 66.2 cm³/mol. The molecule has 3 nitrogen and oxygen atoms in total. The Kier molecular flexibility index (Phi) is 5.80. The largest absolute Gasteiger partial charge is 0.376 e. The van der Waals surface area contributed by atoms with Crippen molar-refractivity contribution in [2.24, 2.45) is 0 Å². The topological polar surface area (TPSA) is 34.1 Å². The minimum absolute atomic E-state index is 0.0617. The molecular weight excluding hydrogens is 219 g/mol. The molecule has 1 unspecified atom stereocenters. The fourth-order valence-electron chi connectivity index (χ4n) is 1.38. The quantitative estimate of drug-likeness (QED) is 0.585. The number of halogens is 1. The van der Waals surface area contributed by atoms with Crippen molar-refractivity contribution in [1.82, 2.24) is 10.3 Å². The van der Waals surface area contributed by atoms with Crippen LogP contribution in [-0.4, -0.2) is 24.7 Å². The van der Waals surface area contributed by atoms with Gasteiger partial charge in [0.05, 0.1) is 19.4 Å². The van der Waals surface area contributed by atoms with E-state index in [1.165, 1.54) is 12.3 Å². The summed E-state index contributed by atoms with van der Waals surface area (Å²) in [6.07, 6.45) is 2.86. The molecule has 1 rings (SSSR count). The molecule has 0 amide bonds. The Balaban J connectivity index is 2.25. The number of hydrogen-bond acceptors (Lipinski definition) is 3. The van der Waals surface area contributed by atoms with Gasteiger partial charge in [0.2, 0.25) is 0 Å². The second-order valence-electron chi connectivity index (χ2n) is 4.12. The average molecular weight is 238 g/mol. The molecule has 17 heavy (non-hydrogen) atoms. The zero-order chi connectivity index (χ0) is 12.7. The van der Waals surface area contributed by atoms with Gasteiger partial charge in [0.15, 0.2) is 0 Å². The lowest BCUT2D eigenvalue weighted by molar-refractivity contribution is 0.156. The van der Waals surface area contributed by atoms with E-state index in [1.807, 2.05) is 13.8 Å². The van der Waals surface area contributed by atoms with Crippen molar-refractivity contribution < 1.29 is 9.13 Å². The maximum Gasteiger partial charge on any atom is 0.141 e. The van der Waals surface area contributed by atoms with Crippen LogP contribution in [0, 0.1) is 5.82 Å². The summed E-state index contributed by atoms with van der Waals surface area (Å²) in [5.74, 6) is -0.310. The third-order valence-electron chi connectivity index (χ3n) is 2.27. The molecule has 0 saturated carbocycles. The number of ether oxygens (including phenoxy) is 1. The summed E-state index contributed by atoms with van der Waals surface area (Å²) in [7, 11) is 0. The standard InChI is InChI=1S/C13H19FN2O/c1-10(2)9-17-5-4-16-11(3)12-6-13(14)8-15-7-12/h6-8,11,16H,1,4-5,9H2,2-3H3. The predicted octanol–water partition coefficient (Wildman–Crippen LogP) is 2.46. The second kappa shape index (κ2) is 7.14. The van der Waals surface area contributed by atoms with E-state index in [0.717, 1.165) is 11.1 Å². The first kappa shape index (κ1) is 13.8. The highest BCUT2D eigenvalue weighted by Gasteiger charge is 2.05. The van der Waals surface area contributed by atoms with Crippen LogP contribution in [0.25, 0.3) is 0 Å². The minimum atomic E-state index is -0.310. The van der Waals surface area contributed by atoms with E-state index < -0.39 is 0 Å². The molecule has 0 fully saturated rings. The van der Waals surface area contributed by atoms with Crippen LogP contribution in [0.2, 0.25) is 0 Å². The highest BCUT2D eigenvalue weighted by Crippen LogP contribution is 2.11. The first-order valence-corrected chi connectivity index (χ1v) is 5.65. The molecule has 1 atom stereocenters. The van der Waals surface area contributed by atoms with E-state index in [9.17, 15) is 4.39 Å². The van der Waals surface area contributed by atoms with Crippen molar-refractivity contribution in [3.8, 4) is 0 Å². The number of hydrogen-bond donors (Lipinski definition) is 1. The lowest BCUT2D eigenvalue weighted by Crippen LogP contribution is -2.23. The molecule has 1 heterocycles. The van der Waals surface area contributed by atoms with E-state index in [4.69, 9.17) is 4.74 Å². The number of pyridine rings is 1. The van der Waals surface area contributed by atoms with Crippen LogP contribution in [-0.2, 0) is 4.74 Å². The van der Waals surface area contributed by atoms with Crippen molar-refractivity contribution in [1.29, 1.82) is 0 Å². The lowest BCUT2D eigenvalue weighted by atomic mass is 10.1. The van der Waals surface area contributed by atoms with E-state index >= 15 is 0 Å². The van der Waals surface area contributed by atoms with Crippen molar-refractivity contribution in [3.63, 3.8) is 0 Å². The maximum absolute atomic E-state index is 12.9. The van der Waals surface area contributed by atoms with E-state index in [2.05, 4.69) is 16.9 Å². The molecule has 4 heteroatoms. The van der Waals surface area contributed by atoms with Crippen LogP contribution >= 0.6 is 0 Å². The van der Waals surface area contributed by atoms with Crippen LogP contribution in [0.4, 0.5) is 4.39 Å². The van der Waals surface area contributed by atoms with Crippen molar-refractivity contribution in [2.45, 2.75) is 19.9 Å². The second-order valence-corrected chi connectivity index (χ2v) is 4.12. The molecule has 0 radical (unpaired) electrons. The average Bonchev–Trinajstić information content (AvgIpc) is 2.28. The highest BCUT2D eigenvalue weighted by molar-refractivity contribution is 5.14. The Bertz CT molecular complexity index is 368. The van der Waals surface area contributed by atoms with Crippen LogP contribution < -0.4 is 5.32 Å². The fourth-order valence-corrected chi connectivity index (χ4v) is 1.38. The summed E-state index contributed by atoms with van der Waals surface area (Å²) < 4.78 is 18.3.